The summed E-state index contributed by atoms with van der Waals surface area (Å²) in [6.07, 6.45) is 1.78. The van der Waals surface area contributed by atoms with Crippen molar-refractivity contribution in [1.29, 1.82) is 0 Å². The maximum Gasteiger partial charge on any atom is 0.228 e. The van der Waals surface area contributed by atoms with Crippen LogP contribution in [0.3, 0.4) is 0 Å². The van der Waals surface area contributed by atoms with Gasteiger partial charge in [-0.05, 0) is 17.7 Å². The highest BCUT2D eigenvalue weighted by molar-refractivity contribution is 6.31. The highest BCUT2D eigenvalue weighted by Crippen LogP contribution is 2.21. The van der Waals surface area contributed by atoms with Crippen molar-refractivity contribution < 1.29 is 9.59 Å². The zero-order valence-electron chi connectivity index (χ0n) is 10.2. The van der Waals surface area contributed by atoms with Crippen LogP contribution in [0.1, 0.15) is 15.9 Å². The van der Waals surface area contributed by atoms with Crippen molar-refractivity contribution in [3.05, 3.63) is 46.2 Å². The lowest BCUT2D eigenvalue weighted by Crippen LogP contribution is -2.26. The predicted octanol–water partition coefficient (Wildman–Crippen LogP) is 1.60. The molecule has 0 bridgehead atoms. The fourth-order valence-corrected chi connectivity index (χ4v) is 2.00. The van der Waals surface area contributed by atoms with Crippen molar-refractivity contribution in [2.24, 2.45) is 0 Å². The molecule has 94 valence electrons. The van der Waals surface area contributed by atoms with E-state index in [1.807, 2.05) is 0 Å². The molecule has 0 fully saturated rings. The van der Waals surface area contributed by atoms with Gasteiger partial charge in [0.2, 0.25) is 11.7 Å². The zero-order chi connectivity index (χ0) is 13.3. The fraction of sp³-hybridized carbons (Fsp3) is 0.231. The van der Waals surface area contributed by atoms with E-state index in [0.717, 1.165) is 0 Å². The van der Waals surface area contributed by atoms with Gasteiger partial charge in [0.25, 0.3) is 0 Å². The molecule has 1 N–H and O–H groups in total. The summed E-state index contributed by atoms with van der Waals surface area (Å²) >= 11 is 5.90. The van der Waals surface area contributed by atoms with Crippen LogP contribution in [0.4, 0.5) is 0 Å². The Kier molecular flexibility index (Phi) is 3.39. The van der Waals surface area contributed by atoms with E-state index in [1.54, 1.807) is 43.4 Å². The first-order chi connectivity index (χ1) is 8.47. The summed E-state index contributed by atoms with van der Waals surface area (Å²) in [5.41, 5.74) is 1.45. The summed E-state index contributed by atoms with van der Waals surface area (Å²) in [6.45, 7) is 0. The molecular weight excluding hydrogens is 252 g/mol. The number of Topliss-reactive ketones (excluding diaryl/α,β-unsaturated/α-hetero) is 1. The first-order valence-corrected chi connectivity index (χ1v) is 5.86. The number of allylic oxidation sites excluding steroid dienone is 1. The lowest BCUT2D eigenvalue weighted by molar-refractivity contribution is -0.119. The molecule has 0 aromatic heterocycles. The molecule has 0 spiro atoms. The lowest BCUT2D eigenvalue weighted by atomic mass is 10.0. The Balaban J connectivity index is 2.54. The number of amides is 1. The van der Waals surface area contributed by atoms with Gasteiger partial charge in [0.15, 0.2) is 0 Å². The lowest BCUT2D eigenvalue weighted by Gasteiger charge is -2.10. The van der Waals surface area contributed by atoms with Crippen molar-refractivity contribution in [2.45, 2.75) is 6.42 Å². The number of halogens is 1. The van der Waals surface area contributed by atoms with Gasteiger partial charge in [0.1, 0.15) is 5.70 Å². The minimum absolute atomic E-state index is 0.184. The van der Waals surface area contributed by atoms with Gasteiger partial charge in [0, 0.05) is 30.9 Å². The molecule has 0 unspecified atom stereocenters. The third kappa shape index (κ3) is 2.54. The number of nitrogens with zero attached hydrogens (tertiary/aromatic N) is 1. The quantitative estimate of drug-likeness (QED) is 0.784. The molecule has 2 rings (SSSR count). The van der Waals surface area contributed by atoms with Gasteiger partial charge in [-0.1, -0.05) is 17.7 Å². The first-order valence-electron chi connectivity index (χ1n) is 5.48. The molecule has 0 radical (unpaired) electrons. The normalized spacial score (nSPS) is 17.2. The third-order valence-corrected chi connectivity index (χ3v) is 2.81. The molecule has 1 aromatic carbocycles. The second kappa shape index (κ2) is 4.82. The van der Waals surface area contributed by atoms with Crippen LogP contribution in [0.2, 0.25) is 5.02 Å². The second-order valence-electron chi connectivity index (χ2n) is 4.36. The van der Waals surface area contributed by atoms with Crippen molar-refractivity contribution in [2.75, 3.05) is 14.1 Å². The highest BCUT2D eigenvalue weighted by Gasteiger charge is 2.24. The third-order valence-electron chi connectivity index (χ3n) is 2.57. The number of benzene rings is 1. The molecule has 1 aliphatic heterocycles. The van der Waals surface area contributed by atoms with E-state index < -0.39 is 0 Å². The van der Waals surface area contributed by atoms with Crippen LogP contribution in [-0.4, -0.2) is 30.7 Å². The van der Waals surface area contributed by atoms with E-state index in [0.29, 0.717) is 16.1 Å². The van der Waals surface area contributed by atoms with Gasteiger partial charge in [-0.3, -0.25) is 9.59 Å². The Morgan fingerprint density at radius 2 is 2.06 bits per heavy atom. The Morgan fingerprint density at radius 3 is 2.72 bits per heavy atom. The standard InChI is InChI=1S/C13H13ClN2O2/c1-16(2)7-11-13(18)10-6-9(14)4-3-8(10)5-12(17)15-11/h3-4,6-7H,5H2,1-2H3,(H,15,17). The van der Waals surface area contributed by atoms with E-state index in [1.165, 1.54) is 0 Å². The molecule has 18 heavy (non-hydrogen) atoms. The van der Waals surface area contributed by atoms with Crippen molar-refractivity contribution in [3.63, 3.8) is 0 Å². The summed E-state index contributed by atoms with van der Waals surface area (Å²) in [5, 5.41) is 3.10. The SMILES string of the molecule is CN(C)C=C1NC(=O)Cc2ccc(Cl)cc2C1=O. The Hall–Kier alpha value is -1.81. The summed E-state index contributed by atoms with van der Waals surface area (Å²) in [4.78, 5) is 25.7. The van der Waals surface area contributed by atoms with Gasteiger partial charge in [0.05, 0.1) is 6.42 Å². The van der Waals surface area contributed by atoms with Crippen LogP contribution in [0, 0.1) is 0 Å². The Bertz CT molecular complexity index is 550. The molecule has 4 nitrogen and oxygen atoms in total. The number of ketones is 1. The number of carbonyl (C=O) groups excluding carboxylic acids is 2. The van der Waals surface area contributed by atoms with E-state index in [4.69, 9.17) is 11.6 Å². The first kappa shape index (κ1) is 12.6. The van der Waals surface area contributed by atoms with Gasteiger partial charge in [-0.25, -0.2) is 0 Å². The van der Waals surface area contributed by atoms with Crippen LogP contribution in [0.25, 0.3) is 0 Å². The molecular formula is C13H13ClN2O2. The molecule has 0 saturated carbocycles. The van der Waals surface area contributed by atoms with Crippen molar-refractivity contribution in [3.8, 4) is 0 Å². The van der Waals surface area contributed by atoms with Gasteiger partial charge >= 0.3 is 0 Å². The van der Waals surface area contributed by atoms with Crippen LogP contribution in [0.5, 0.6) is 0 Å². The monoisotopic (exact) mass is 264 g/mol. The molecule has 1 heterocycles. The molecule has 5 heteroatoms. The Labute approximate surface area is 110 Å². The molecule has 0 aliphatic carbocycles. The summed E-state index contributed by atoms with van der Waals surface area (Å²) in [6, 6.07) is 5.00. The molecule has 1 amide bonds. The van der Waals surface area contributed by atoms with Crippen LogP contribution in [-0.2, 0) is 11.2 Å². The van der Waals surface area contributed by atoms with Crippen LogP contribution in [0.15, 0.2) is 30.1 Å². The van der Waals surface area contributed by atoms with E-state index in [2.05, 4.69) is 5.32 Å². The van der Waals surface area contributed by atoms with Crippen molar-refractivity contribution in [1.82, 2.24) is 10.2 Å². The number of fused-ring (bicyclic) bond motifs is 1. The minimum atomic E-state index is -0.216. The minimum Gasteiger partial charge on any atom is -0.382 e. The number of hydrogen-bond acceptors (Lipinski definition) is 3. The van der Waals surface area contributed by atoms with E-state index in [9.17, 15) is 9.59 Å². The maximum absolute atomic E-state index is 12.3. The summed E-state index contributed by atoms with van der Waals surface area (Å²) in [5.74, 6) is -0.412. The van der Waals surface area contributed by atoms with Gasteiger partial charge < -0.3 is 10.2 Å². The molecule has 1 aromatic rings. The van der Waals surface area contributed by atoms with Gasteiger partial charge in [-0.2, -0.15) is 0 Å². The Morgan fingerprint density at radius 1 is 1.33 bits per heavy atom. The summed E-state index contributed by atoms with van der Waals surface area (Å²) < 4.78 is 0. The number of nitrogens with one attached hydrogen (secondary N) is 1. The van der Waals surface area contributed by atoms with Gasteiger partial charge in [-0.15, -0.1) is 0 Å². The average molecular weight is 265 g/mol. The number of rotatable bonds is 1. The molecule has 0 atom stereocenters. The highest BCUT2D eigenvalue weighted by atomic mass is 35.5. The van der Waals surface area contributed by atoms with E-state index in [-0.39, 0.29) is 23.8 Å². The van der Waals surface area contributed by atoms with Crippen molar-refractivity contribution >= 4 is 23.3 Å². The largest absolute Gasteiger partial charge is 0.382 e. The fourth-order valence-electron chi connectivity index (χ4n) is 1.83. The second-order valence-corrected chi connectivity index (χ2v) is 4.80. The smallest absolute Gasteiger partial charge is 0.228 e. The topological polar surface area (TPSA) is 49.4 Å². The number of carbonyl (C=O) groups is 2. The molecule has 0 saturated heterocycles. The summed E-state index contributed by atoms with van der Waals surface area (Å²) in [7, 11) is 3.58. The van der Waals surface area contributed by atoms with E-state index >= 15 is 0 Å². The number of hydrogen-bond donors (Lipinski definition) is 1. The zero-order valence-corrected chi connectivity index (χ0v) is 10.9. The molecule has 1 aliphatic rings. The predicted molar refractivity (Wildman–Crippen MR) is 69.4 cm³/mol. The maximum atomic E-state index is 12.3. The van der Waals surface area contributed by atoms with Crippen LogP contribution >= 0.6 is 11.6 Å². The average Bonchev–Trinajstić information content (AvgIpc) is 2.38. The van der Waals surface area contributed by atoms with Crippen LogP contribution < -0.4 is 5.32 Å².